The van der Waals surface area contributed by atoms with Crippen molar-refractivity contribution in [2.75, 3.05) is 12.4 Å². The average molecular weight is 253 g/mol. The highest BCUT2D eigenvalue weighted by molar-refractivity contribution is 6.61. The molecule has 0 fully saturated rings. The van der Waals surface area contributed by atoms with Crippen LogP contribution in [0.15, 0.2) is 18.2 Å². The molecule has 1 heterocycles. The zero-order valence-corrected chi connectivity index (χ0v) is 10.0. The maximum absolute atomic E-state index is 11.7. The molecule has 0 atom stereocenters. The fourth-order valence-electron chi connectivity index (χ4n) is 1.73. The second-order valence-electron chi connectivity index (χ2n) is 3.88. The summed E-state index contributed by atoms with van der Waals surface area (Å²) in [6.07, 6.45) is 0.740. The van der Waals surface area contributed by atoms with E-state index in [0.717, 1.165) is 12.0 Å². The summed E-state index contributed by atoms with van der Waals surface area (Å²) in [6.45, 7) is 0.948. The Labute approximate surface area is 105 Å². The Morgan fingerprint density at radius 2 is 2.41 bits per heavy atom. The maximum Gasteiger partial charge on any atom is 0.491 e. The predicted molar refractivity (Wildman–Crippen MR) is 66.5 cm³/mol. The molecule has 4 nitrogen and oxygen atoms in total. The van der Waals surface area contributed by atoms with Crippen LogP contribution in [0.2, 0.25) is 0 Å². The normalized spacial score (nSPS) is 13.6. The van der Waals surface area contributed by atoms with Gasteiger partial charge in [0.15, 0.2) is 0 Å². The van der Waals surface area contributed by atoms with Crippen LogP contribution in [0.5, 0.6) is 0 Å². The van der Waals surface area contributed by atoms with Crippen LogP contribution in [-0.4, -0.2) is 30.5 Å². The molecule has 1 aliphatic rings. The summed E-state index contributed by atoms with van der Waals surface area (Å²) in [7, 11) is -0.916. The standard InChI is InChI=1S/C11H13BClNO3/c13-4-1-5-14-11(15)8-2-3-9-7-17-12(16)10(9)6-8/h2-3,6,16H,1,4-5,7H2,(H,14,15). The van der Waals surface area contributed by atoms with E-state index >= 15 is 0 Å². The molecule has 0 radical (unpaired) electrons. The van der Waals surface area contributed by atoms with Crippen LogP contribution in [0.25, 0.3) is 0 Å². The first-order valence-corrected chi connectivity index (χ1v) is 6.02. The Morgan fingerprint density at radius 1 is 1.59 bits per heavy atom. The molecule has 2 N–H and O–H groups in total. The molecule has 1 aromatic rings. The lowest BCUT2D eigenvalue weighted by atomic mass is 9.79. The van der Waals surface area contributed by atoms with Crippen LogP contribution in [-0.2, 0) is 11.3 Å². The molecule has 1 aliphatic heterocycles. The zero-order valence-electron chi connectivity index (χ0n) is 9.28. The zero-order chi connectivity index (χ0) is 12.3. The largest absolute Gasteiger partial charge is 0.491 e. The summed E-state index contributed by atoms with van der Waals surface area (Å²) < 4.78 is 5.06. The van der Waals surface area contributed by atoms with Crippen molar-refractivity contribution in [1.82, 2.24) is 5.32 Å². The van der Waals surface area contributed by atoms with Crippen LogP contribution in [0, 0.1) is 0 Å². The van der Waals surface area contributed by atoms with Crippen molar-refractivity contribution >= 4 is 30.1 Å². The minimum atomic E-state index is -0.916. The molecule has 90 valence electrons. The number of carbonyl (C=O) groups is 1. The van der Waals surface area contributed by atoms with Crippen molar-refractivity contribution in [3.05, 3.63) is 29.3 Å². The summed E-state index contributed by atoms with van der Waals surface area (Å²) >= 11 is 5.53. The van der Waals surface area contributed by atoms with Gasteiger partial charge < -0.3 is 15.0 Å². The molecule has 17 heavy (non-hydrogen) atoms. The number of halogens is 1. The minimum absolute atomic E-state index is 0.156. The number of carbonyl (C=O) groups excluding carboxylic acids is 1. The Hall–Kier alpha value is -1.04. The molecule has 0 bridgehead atoms. The van der Waals surface area contributed by atoms with Gasteiger partial charge in [-0.25, -0.2) is 0 Å². The van der Waals surface area contributed by atoms with E-state index in [9.17, 15) is 9.82 Å². The molecule has 1 amide bonds. The van der Waals surface area contributed by atoms with Gasteiger partial charge in [-0.2, -0.15) is 0 Å². The van der Waals surface area contributed by atoms with Crippen LogP contribution in [0.1, 0.15) is 22.3 Å². The van der Waals surface area contributed by atoms with Gasteiger partial charge in [0.25, 0.3) is 5.91 Å². The Bertz CT molecular complexity index is 427. The van der Waals surface area contributed by atoms with Gasteiger partial charge in [0.1, 0.15) is 0 Å². The van der Waals surface area contributed by atoms with E-state index in [1.54, 1.807) is 12.1 Å². The lowest BCUT2D eigenvalue weighted by Gasteiger charge is -2.05. The van der Waals surface area contributed by atoms with Gasteiger partial charge >= 0.3 is 7.12 Å². The van der Waals surface area contributed by atoms with Gasteiger partial charge in [-0.1, -0.05) is 6.07 Å². The molecule has 2 rings (SSSR count). The fourth-order valence-corrected chi connectivity index (χ4v) is 1.86. The maximum atomic E-state index is 11.7. The number of rotatable bonds is 4. The number of nitrogens with one attached hydrogen (secondary N) is 1. The van der Waals surface area contributed by atoms with Crippen molar-refractivity contribution in [2.24, 2.45) is 0 Å². The van der Waals surface area contributed by atoms with Crippen molar-refractivity contribution in [3.8, 4) is 0 Å². The van der Waals surface area contributed by atoms with Crippen LogP contribution in [0.3, 0.4) is 0 Å². The van der Waals surface area contributed by atoms with E-state index in [0.29, 0.717) is 30.1 Å². The Kier molecular flexibility index (Phi) is 4.04. The Morgan fingerprint density at radius 3 is 3.18 bits per heavy atom. The fraction of sp³-hybridized carbons (Fsp3) is 0.364. The summed E-state index contributed by atoms with van der Waals surface area (Å²) in [4.78, 5) is 11.7. The quantitative estimate of drug-likeness (QED) is 0.460. The van der Waals surface area contributed by atoms with Gasteiger partial charge in [-0.3, -0.25) is 4.79 Å². The van der Waals surface area contributed by atoms with Gasteiger partial charge in [0.2, 0.25) is 0 Å². The summed E-state index contributed by atoms with van der Waals surface area (Å²) in [6, 6.07) is 5.21. The van der Waals surface area contributed by atoms with Crippen molar-refractivity contribution in [1.29, 1.82) is 0 Å². The third-order valence-corrected chi connectivity index (χ3v) is 2.93. The molecule has 6 heteroatoms. The summed E-state index contributed by atoms with van der Waals surface area (Å²) in [5.41, 5.74) is 2.13. The highest BCUT2D eigenvalue weighted by Crippen LogP contribution is 2.11. The Balaban J connectivity index is 2.07. The third-order valence-electron chi connectivity index (χ3n) is 2.67. The van der Waals surface area contributed by atoms with Crippen molar-refractivity contribution in [3.63, 3.8) is 0 Å². The molecule has 0 saturated carbocycles. The number of benzene rings is 1. The third kappa shape index (κ3) is 2.80. The molecule has 0 spiro atoms. The topological polar surface area (TPSA) is 58.6 Å². The lowest BCUT2D eigenvalue weighted by molar-refractivity contribution is 0.0954. The first-order chi connectivity index (χ1) is 8.22. The van der Waals surface area contributed by atoms with E-state index in [-0.39, 0.29) is 5.91 Å². The summed E-state index contributed by atoms with van der Waals surface area (Å²) in [5, 5.41) is 12.3. The van der Waals surface area contributed by atoms with Gasteiger partial charge in [0.05, 0.1) is 6.61 Å². The highest BCUT2D eigenvalue weighted by Gasteiger charge is 2.27. The first-order valence-electron chi connectivity index (χ1n) is 5.49. The minimum Gasteiger partial charge on any atom is -0.423 e. The number of hydrogen-bond donors (Lipinski definition) is 2. The van der Waals surface area contributed by atoms with Gasteiger partial charge in [-0.15, -0.1) is 11.6 Å². The van der Waals surface area contributed by atoms with E-state index in [1.165, 1.54) is 0 Å². The molecule has 0 saturated heterocycles. The predicted octanol–water partition coefficient (Wildman–Crippen LogP) is 0.263. The number of hydrogen-bond acceptors (Lipinski definition) is 3. The lowest BCUT2D eigenvalue weighted by Crippen LogP contribution is -2.31. The molecule has 1 aromatic carbocycles. The average Bonchev–Trinajstić information content (AvgIpc) is 2.71. The second kappa shape index (κ2) is 5.53. The van der Waals surface area contributed by atoms with E-state index in [1.807, 2.05) is 6.07 Å². The smallest absolute Gasteiger partial charge is 0.423 e. The molecular weight excluding hydrogens is 240 g/mol. The molecule has 0 aliphatic carbocycles. The van der Waals surface area contributed by atoms with Crippen LogP contribution in [0.4, 0.5) is 0 Å². The van der Waals surface area contributed by atoms with E-state index < -0.39 is 7.12 Å². The van der Waals surface area contributed by atoms with Crippen LogP contribution >= 0.6 is 11.6 Å². The number of fused-ring (bicyclic) bond motifs is 1. The van der Waals surface area contributed by atoms with Crippen LogP contribution < -0.4 is 10.8 Å². The molecule has 0 aromatic heterocycles. The first kappa shape index (κ1) is 12.4. The molecular formula is C11H13BClNO3. The number of amides is 1. The monoisotopic (exact) mass is 253 g/mol. The van der Waals surface area contributed by atoms with Crippen molar-refractivity contribution < 1.29 is 14.5 Å². The SMILES string of the molecule is O=C(NCCCCl)c1ccc2c(c1)B(O)OC2. The highest BCUT2D eigenvalue weighted by atomic mass is 35.5. The molecule has 0 unspecified atom stereocenters. The van der Waals surface area contributed by atoms with E-state index in [2.05, 4.69) is 5.32 Å². The summed E-state index contributed by atoms with van der Waals surface area (Å²) in [5.74, 6) is 0.369. The van der Waals surface area contributed by atoms with Gasteiger partial charge in [-0.05, 0) is 29.6 Å². The van der Waals surface area contributed by atoms with Gasteiger partial charge in [0, 0.05) is 18.0 Å². The second-order valence-corrected chi connectivity index (χ2v) is 4.25. The van der Waals surface area contributed by atoms with Crippen molar-refractivity contribution in [2.45, 2.75) is 13.0 Å². The number of alkyl halides is 1. The van der Waals surface area contributed by atoms with E-state index in [4.69, 9.17) is 16.3 Å².